The minimum absolute atomic E-state index is 0.674. The molecule has 0 saturated carbocycles. The number of guanidine groups is 1. The molecule has 0 atom stereocenters. The average Bonchev–Trinajstić information content (AvgIpc) is 3.01. The number of hydrogen-bond donors (Lipinski definition) is 2. The fourth-order valence-corrected chi connectivity index (χ4v) is 2.55. The minimum atomic E-state index is 0.674. The monoisotopic (exact) mass is 338 g/mol. The van der Waals surface area contributed by atoms with E-state index in [1.807, 2.05) is 26.4 Å². The lowest BCUT2D eigenvalue weighted by molar-refractivity contribution is 0.461. The number of hydrogen-bond acceptors (Lipinski definition) is 2. The van der Waals surface area contributed by atoms with Gasteiger partial charge in [0.1, 0.15) is 0 Å². The zero-order chi connectivity index (χ0) is 14.5. The van der Waals surface area contributed by atoms with E-state index in [1.165, 1.54) is 5.69 Å². The third-order valence-corrected chi connectivity index (χ3v) is 3.48. The number of nitrogens with zero attached hydrogens (tertiary/aromatic N) is 4. The molecule has 2 heterocycles. The van der Waals surface area contributed by atoms with Crippen molar-refractivity contribution in [2.45, 2.75) is 13.1 Å². The Hall–Kier alpha value is -1.76. The third kappa shape index (κ3) is 3.63. The molecule has 0 unspecified atom stereocenters. The fraction of sp³-hybridized carbons (Fsp3) is 0.385. The fourth-order valence-electron chi connectivity index (χ4n) is 1.98. The van der Waals surface area contributed by atoms with Crippen LogP contribution in [0, 0.1) is 0 Å². The van der Waals surface area contributed by atoms with Crippen LogP contribution < -0.4 is 5.32 Å². The molecule has 0 aliphatic carbocycles. The van der Waals surface area contributed by atoms with E-state index >= 15 is 0 Å². The smallest absolute Gasteiger partial charge is 0.194 e. The highest BCUT2D eigenvalue weighted by molar-refractivity contribution is 9.10. The van der Waals surface area contributed by atoms with Gasteiger partial charge in [0.05, 0.1) is 18.8 Å². The molecule has 0 aromatic carbocycles. The number of H-pyrrole nitrogens is 1. The van der Waals surface area contributed by atoms with Crippen molar-refractivity contribution in [2.24, 2.45) is 12.0 Å². The summed E-state index contributed by atoms with van der Waals surface area (Å²) in [6.07, 6.45) is 3.79. The Balaban J connectivity index is 1.95. The van der Waals surface area contributed by atoms with Gasteiger partial charge in [-0.1, -0.05) is 0 Å². The van der Waals surface area contributed by atoms with Crippen molar-refractivity contribution in [3.63, 3.8) is 0 Å². The van der Waals surface area contributed by atoms with Crippen LogP contribution in [-0.4, -0.2) is 39.7 Å². The van der Waals surface area contributed by atoms with E-state index in [-0.39, 0.29) is 0 Å². The van der Waals surface area contributed by atoms with Gasteiger partial charge in [-0.2, -0.15) is 5.10 Å². The summed E-state index contributed by atoms with van der Waals surface area (Å²) in [5.41, 5.74) is 2.24. The molecular weight excluding hydrogens is 320 g/mol. The van der Waals surface area contributed by atoms with E-state index in [1.54, 1.807) is 13.2 Å². The summed E-state index contributed by atoms with van der Waals surface area (Å²) >= 11 is 3.49. The van der Waals surface area contributed by atoms with Crippen molar-refractivity contribution in [1.29, 1.82) is 0 Å². The van der Waals surface area contributed by atoms with Crippen LogP contribution in [0.25, 0.3) is 0 Å². The van der Waals surface area contributed by atoms with Crippen LogP contribution in [0.1, 0.15) is 11.4 Å². The molecule has 0 bridgehead atoms. The molecule has 7 heteroatoms. The molecule has 6 nitrogen and oxygen atoms in total. The zero-order valence-electron chi connectivity index (χ0n) is 11.9. The Bertz CT molecular complexity index is 572. The topological polar surface area (TPSA) is 61.2 Å². The lowest BCUT2D eigenvalue weighted by Crippen LogP contribution is -2.38. The van der Waals surface area contributed by atoms with Gasteiger partial charge >= 0.3 is 0 Å². The maximum atomic E-state index is 4.30. The van der Waals surface area contributed by atoms with Crippen LogP contribution in [0.4, 0.5) is 0 Å². The Labute approximate surface area is 127 Å². The first-order valence-electron chi connectivity index (χ1n) is 6.31. The molecule has 2 aromatic rings. The SMILES string of the molecule is CN=C(NCc1ccn[nH]1)N(C)Cc1cc(Br)cn1C. The maximum absolute atomic E-state index is 4.30. The summed E-state index contributed by atoms with van der Waals surface area (Å²) in [4.78, 5) is 6.38. The molecule has 0 radical (unpaired) electrons. The predicted molar refractivity (Wildman–Crippen MR) is 83.4 cm³/mol. The highest BCUT2D eigenvalue weighted by Gasteiger charge is 2.09. The van der Waals surface area contributed by atoms with Crippen molar-refractivity contribution in [2.75, 3.05) is 14.1 Å². The van der Waals surface area contributed by atoms with Gasteiger partial charge in [0.25, 0.3) is 0 Å². The molecule has 2 aromatic heterocycles. The quantitative estimate of drug-likeness (QED) is 0.659. The predicted octanol–water partition coefficient (Wildman–Crippen LogP) is 1.72. The number of halogens is 1. The third-order valence-electron chi connectivity index (χ3n) is 3.04. The minimum Gasteiger partial charge on any atom is -0.352 e. The van der Waals surface area contributed by atoms with Crippen molar-refractivity contribution in [1.82, 2.24) is 25.0 Å². The van der Waals surface area contributed by atoms with E-state index in [0.717, 1.165) is 22.7 Å². The second-order valence-corrected chi connectivity index (χ2v) is 5.51. The molecule has 0 spiro atoms. The van der Waals surface area contributed by atoms with Crippen LogP contribution in [0.5, 0.6) is 0 Å². The largest absolute Gasteiger partial charge is 0.352 e. The van der Waals surface area contributed by atoms with Gasteiger partial charge in [-0.15, -0.1) is 0 Å². The van der Waals surface area contributed by atoms with Crippen molar-refractivity contribution in [3.8, 4) is 0 Å². The van der Waals surface area contributed by atoms with Crippen molar-refractivity contribution in [3.05, 3.63) is 40.4 Å². The van der Waals surface area contributed by atoms with Gasteiger partial charge in [0, 0.05) is 43.7 Å². The molecule has 108 valence electrons. The molecule has 0 aliphatic rings. The summed E-state index contributed by atoms with van der Waals surface area (Å²) in [6, 6.07) is 4.05. The highest BCUT2D eigenvalue weighted by Crippen LogP contribution is 2.14. The summed E-state index contributed by atoms with van der Waals surface area (Å²) in [5.74, 6) is 0.844. The number of nitrogens with one attached hydrogen (secondary N) is 2. The van der Waals surface area contributed by atoms with Crippen LogP contribution in [0.3, 0.4) is 0 Å². The van der Waals surface area contributed by atoms with Gasteiger partial charge in [0.15, 0.2) is 5.96 Å². The van der Waals surface area contributed by atoms with Gasteiger partial charge in [-0.3, -0.25) is 10.1 Å². The number of aromatic amines is 1. The summed E-state index contributed by atoms with van der Waals surface area (Å²) in [5, 5.41) is 10.1. The highest BCUT2D eigenvalue weighted by atomic mass is 79.9. The molecule has 0 saturated heterocycles. The number of aromatic nitrogens is 3. The van der Waals surface area contributed by atoms with Gasteiger partial charge in [-0.05, 0) is 28.1 Å². The Morgan fingerprint density at radius 3 is 2.95 bits per heavy atom. The van der Waals surface area contributed by atoms with Crippen LogP contribution in [0.15, 0.2) is 34.0 Å². The molecule has 2 rings (SSSR count). The molecule has 20 heavy (non-hydrogen) atoms. The Morgan fingerprint density at radius 2 is 2.40 bits per heavy atom. The van der Waals surface area contributed by atoms with Gasteiger partial charge < -0.3 is 14.8 Å². The Morgan fingerprint density at radius 1 is 1.60 bits per heavy atom. The first kappa shape index (κ1) is 14.6. The van der Waals surface area contributed by atoms with Crippen LogP contribution >= 0.6 is 15.9 Å². The summed E-state index contributed by atoms with van der Waals surface area (Å²) in [7, 11) is 5.84. The molecule has 0 amide bonds. The molecule has 0 aliphatic heterocycles. The van der Waals surface area contributed by atoms with E-state index in [9.17, 15) is 0 Å². The summed E-state index contributed by atoms with van der Waals surface area (Å²) in [6.45, 7) is 1.46. The zero-order valence-corrected chi connectivity index (χ0v) is 13.5. The van der Waals surface area contributed by atoms with Crippen LogP contribution in [0.2, 0.25) is 0 Å². The van der Waals surface area contributed by atoms with Gasteiger partial charge in [-0.25, -0.2) is 0 Å². The van der Waals surface area contributed by atoms with E-state index in [2.05, 4.69) is 52.0 Å². The molecular formula is C13H19BrN6. The number of aliphatic imine (C=N–C) groups is 1. The molecule has 2 N–H and O–H groups in total. The average molecular weight is 339 g/mol. The second-order valence-electron chi connectivity index (χ2n) is 4.60. The lowest BCUT2D eigenvalue weighted by atomic mass is 10.4. The number of rotatable bonds is 4. The van der Waals surface area contributed by atoms with Crippen LogP contribution in [-0.2, 0) is 20.1 Å². The standard InChI is InChI=1S/C13H19BrN6/c1-15-13(16-7-11-4-5-17-18-11)20(3)9-12-6-10(14)8-19(12)2/h4-6,8H,7,9H2,1-3H3,(H,15,16)(H,17,18). The molecule has 0 fully saturated rings. The van der Waals surface area contributed by atoms with E-state index < -0.39 is 0 Å². The number of aryl methyl sites for hydroxylation is 1. The maximum Gasteiger partial charge on any atom is 0.194 e. The second kappa shape index (κ2) is 6.60. The normalized spacial score (nSPS) is 11.7. The first-order chi connectivity index (χ1) is 9.60. The van der Waals surface area contributed by atoms with Crippen molar-refractivity contribution >= 4 is 21.9 Å². The van der Waals surface area contributed by atoms with Gasteiger partial charge in [0.2, 0.25) is 0 Å². The van der Waals surface area contributed by atoms with E-state index in [4.69, 9.17) is 0 Å². The first-order valence-corrected chi connectivity index (χ1v) is 7.10. The van der Waals surface area contributed by atoms with E-state index in [0.29, 0.717) is 6.54 Å². The Kier molecular flexibility index (Phi) is 4.84. The van der Waals surface area contributed by atoms with Crippen molar-refractivity contribution < 1.29 is 0 Å². The lowest BCUT2D eigenvalue weighted by Gasteiger charge is -2.22. The summed E-state index contributed by atoms with van der Waals surface area (Å²) < 4.78 is 3.19.